The van der Waals surface area contributed by atoms with Crippen LogP contribution in [-0.4, -0.2) is 28.6 Å². The first-order chi connectivity index (χ1) is 16.8. The van der Waals surface area contributed by atoms with Gasteiger partial charge in [0.15, 0.2) is 6.61 Å². The molecule has 1 aliphatic heterocycles. The summed E-state index contributed by atoms with van der Waals surface area (Å²) in [5.74, 6) is -0.916. The van der Waals surface area contributed by atoms with E-state index in [2.05, 4.69) is 5.32 Å². The Labute approximate surface area is 210 Å². The van der Waals surface area contributed by atoms with Gasteiger partial charge in [-0.2, -0.15) is 0 Å². The van der Waals surface area contributed by atoms with E-state index < -0.39 is 17.0 Å². The molecule has 1 N–H and O–H groups in total. The van der Waals surface area contributed by atoms with Gasteiger partial charge in [0.1, 0.15) is 11.6 Å². The van der Waals surface area contributed by atoms with Gasteiger partial charge in [-0.1, -0.05) is 47.5 Å². The highest BCUT2D eigenvalue weighted by Crippen LogP contribution is 2.34. The second-order valence-corrected chi connectivity index (χ2v) is 9.14. The Hall–Kier alpha value is -3.62. The molecule has 1 saturated heterocycles. The molecule has 0 bridgehead atoms. The lowest BCUT2D eigenvalue weighted by atomic mass is 10.2. The fraction of sp³-hybridized carbons (Fsp3) is 0.115. The molecule has 1 heterocycles. The van der Waals surface area contributed by atoms with Crippen molar-refractivity contribution in [2.75, 3.05) is 11.9 Å². The molecule has 4 rings (SSSR count). The van der Waals surface area contributed by atoms with Crippen molar-refractivity contribution in [3.63, 3.8) is 0 Å². The molecular formula is C26H20ClFN2O4S. The molecule has 35 heavy (non-hydrogen) atoms. The number of ether oxygens (including phenoxy) is 1. The van der Waals surface area contributed by atoms with Crippen LogP contribution < -0.4 is 10.1 Å². The fourth-order valence-electron chi connectivity index (χ4n) is 3.27. The number of halogens is 2. The largest absolute Gasteiger partial charge is 0.484 e. The van der Waals surface area contributed by atoms with Crippen LogP contribution in [0.25, 0.3) is 6.08 Å². The zero-order valence-electron chi connectivity index (χ0n) is 18.6. The van der Waals surface area contributed by atoms with Crippen molar-refractivity contribution in [2.24, 2.45) is 0 Å². The van der Waals surface area contributed by atoms with Crippen molar-refractivity contribution >= 4 is 52.2 Å². The number of aryl methyl sites for hydroxylation is 1. The third-order valence-electron chi connectivity index (χ3n) is 5.13. The normalized spacial score (nSPS) is 14.5. The van der Waals surface area contributed by atoms with Gasteiger partial charge in [-0.3, -0.25) is 19.3 Å². The van der Waals surface area contributed by atoms with Crippen LogP contribution in [0.5, 0.6) is 5.75 Å². The molecule has 6 nitrogen and oxygen atoms in total. The maximum Gasteiger partial charge on any atom is 0.293 e. The summed E-state index contributed by atoms with van der Waals surface area (Å²) in [6.07, 6.45) is 1.57. The highest BCUT2D eigenvalue weighted by Gasteiger charge is 2.35. The molecular weight excluding hydrogens is 491 g/mol. The molecule has 0 unspecified atom stereocenters. The van der Waals surface area contributed by atoms with Gasteiger partial charge in [0.25, 0.3) is 17.1 Å². The van der Waals surface area contributed by atoms with Gasteiger partial charge >= 0.3 is 0 Å². The average Bonchev–Trinajstić information content (AvgIpc) is 3.09. The fourth-order valence-corrected chi connectivity index (χ4v) is 4.33. The summed E-state index contributed by atoms with van der Waals surface area (Å²) in [6.45, 7) is 1.56. The molecule has 3 aromatic carbocycles. The average molecular weight is 511 g/mol. The van der Waals surface area contributed by atoms with Gasteiger partial charge in [-0.25, -0.2) is 4.39 Å². The smallest absolute Gasteiger partial charge is 0.293 e. The summed E-state index contributed by atoms with van der Waals surface area (Å²) >= 11 is 6.80. The lowest BCUT2D eigenvalue weighted by molar-refractivity contribution is -0.123. The zero-order valence-corrected chi connectivity index (χ0v) is 20.2. The van der Waals surface area contributed by atoms with Gasteiger partial charge in [0, 0.05) is 16.3 Å². The first-order valence-corrected chi connectivity index (χ1v) is 11.8. The predicted octanol–water partition coefficient (Wildman–Crippen LogP) is 6.04. The minimum absolute atomic E-state index is 0.0885. The van der Waals surface area contributed by atoms with Crippen molar-refractivity contribution in [1.82, 2.24) is 4.90 Å². The number of nitrogens with one attached hydrogen (secondary N) is 1. The molecule has 0 saturated carbocycles. The highest BCUT2D eigenvalue weighted by molar-refractivity contribution is 8.18. The number of anilines is 1. The first-order valence-electron chi connectivity index (χ1n) is 10.6. The number of hydrogen-bond donors (Lipinski definition) is 1. The van der Waals surface area contributed by atoms with E-state index in [1.54, 1.807) is 30.3 Å². The SMILES string of the molecule is Cc1ccc(NC(=O)COc2ccc(/C=C3/SC(=O)N(Cc4c(F)cccc4Cl)C3=O)cc2)cc1. The third-order valence-corrected chi connectivity index (χ3v) is 6.40. The first kappa shape index (κ1) is 24.5. The molecule has 0 atom stereocenters. The monoisotopic (exact) mass is 510 g/mol. The van der Waals surface area contributed by atoms with Crippen molar-refractivity contribution < 1.29 is 23.5 Å². The summed E-state index contributed by atoms with van der Waals surface area (Å²) in [7, 11) is 0. The number of thioether (sulfide) groups is 1. The Morgan fingerprint density at radius 3 is 2.49 bits per heavy atom. The van der Waals surface area contributed by atoms with Gasteiger partial charge in [-0.15, -0.1) is 0 Å². The number of rotatable bonds is 7. The summed E-state index contributed by atoms with van der Waals surface area (Å²) < 4.78 is 19.6. The molecule has 9 heteroatoms. The second-order valence-electron chi connectivity index (χ2n) is 7.74. The van der Waals surface area contributed by atoms with Gasteiger partial charge < -0.3 is 10.1 Å². The van der Waals surface area contributed by atoms with Crippen LogP contribution in [0.3, 0.4) is 0 Å². The minimum Gasteiger partial charge on any atom is -0.484 e. The Bertz CT molecular complexity index is 1290. The van der Waals surface area contributed by atoms with Crippen molar-refractivity contribution in [3.8, 4) is 5.75 Å². The van der Waals surface area contributed by atoms with E-state index >= 15 is 0 Å². The summed E-state index contributed by atoms with van der Waals surface area (Å²) in [5.41, 5.74) is 2.53. The number of imide groups is 1. The van der Waals surface area contributed by atoms with Crippen LogP contribution in [0, 0.1) is 12.7 Å². The van der Waals surface area contributed by atoms with Crippen molar-refractivity contribution in [1.29, 1.82) is 0 Å². The molecule has 0 radical (unpaired) electrons. The van der Waals surface area contributed by atoms with E-state index in [9.17, 15) is 18.8 Å². The van der Waals surface area contributed by atoms with Gasteiger partial charge in [0.2, 0.25) is 0 Å². The van der Waals surface area contributed by atoms with E-state index in [-0.39, 0.29) is 34.6 Å². The standard InChI is InChI=1S/C26H20ClFN2O4S/c1-16-5-9-18(10-6-16)29-24(31)15-34-19-11-7-17(8-12-19)13-23-25(32)30(26(33)35-23)14-20-21(27)3-2-4-22(20)28/h2-13H,14-15H2,1H3,(H,29,31)/b23-13+. The molecule has 178 valence electrons. The molecule has 0 aromatic heterocycles. The second kappa shape index (κ2) is 10.8. The predicted molar refractivity (Wildman–Crippen MR) is 135 cm³/mol. The number of carbonyl (C=O) groups is 3. The van der Waals surface area contributed by atoms with Crippen LogP contribution in [-0.2, 0) is 16.1 Å². The van der Waals surface area contributed by atoms with Crippen LogP contribution in [0.1, 0.15) is 16.7 Å². The maximum atomic E-state index is 14.1. The van der Waals surface area contributed by atoms with Crippen LogP contribution >= 0.6 is 23.4 Å². The summed E-state index contributed by atoms with van der Waals surface area (Å²) in [4.78, 5) is 38.4. The molecule has 0 spiro atoms. The van der Waals surface area contributed by atoms with E-state index in [1.807, 2.05) is 31.2 Å². The highest BCUT2D eigenvalue weighted by atomic mass is 35.5. The van der Waals surface area contributed by atoms with E-state index in [1.165, 1.54) is 18.2 Å². The third kappa shape index (κ3) is 6.09. The number of amides is 3. The molecule has 1 aliphatic rings. The van der Waals surface area contributed by atoms with Crippen molar-refractivity contribution in [3.05, 3.63) is 99.2 Å². The minimum atomic E-state index is -0.580. The Balaban J connectivity index is 1.36. The lowest BCUT2D eigenvalue weighted by Crippen LogP contribution is -2.28. The van der Waals surface area contributed by atoms with E-state index in [0.717, 1.165) is 22.2 Å². The number of carbonyl (C=O) groups excluding carboxylic acids is 3. The Kier molecular flexibility index (Phi) is 7.53. The summed E-state index contributed by atoms with van der Waals surface area (Å²) in [6, 6.07) is 18.4. The van der Waals surface area contributed by atoms with E-state index in [4.69, 9.17) is 16.3 Å². The zero-order chi connectivity index (χ0) is 24.9. The van der Waals surface area contributed by atoms with Crippen LogP contribution in [0.2, 0.25) is 5.02 Å². The van der Waals surface area contributed by atoms with Crippen molar-refractivity contribution in [2.45, 2.75) is 13.5 Å². The number of benzene rings is 3. The maximum absolute atomic E-state index is 14.1. The molecule has 3 amide bonds. The Morgan fingerprint density at radius 1 is 1.09 bits per heavy atom. The van der Waals surface area contributed by atoms with Crippen LogP contribution in [0.15, 0.2) is 71.6 Å². The lowest BCUT2D eigenvalue weighted by Gasteiger charge is -2.14. The summed E-state index contributed by atoms with van der Waals surface area (Å²) in [5, 5.41) is 2.40. The quantitative estimate of drug-likeness (QED) is 0.392. The number of hydrogen-bond acceptors (Lipinski definition) is 5. The van der Waals surface area contributed by atoms with Gasteiger partial charge in [0.05, 0.1) is 11.4 Å². The topological polar surface area (TPSA) is 75.7 Å². The molecule has 1 fully saturated rings. The Morgan fingerprint density at radius 2 is 1.80 bits per heavy atom. The van der Waals surface area contributed by atoms with Crippen LogP contribution in [0.4, 0.5) is 14.9 Å². The number of nitrogens with zero attached hydrogens (tertiary/aromatic N) is 1. The molecule has 0 aliphatic carbocycles. The molecule has 3 aromatic rings. The van der Waals surface area contributed by atoms with E-state index in [0.29, 0.717) is 17.0 Å². The van der Waals surface area contributed by atoms with Gasteiger partial charge in [-0.05, 0) is 66.7 Å².